The first-order valence-electron chi connectivity index (χ1n) is 9.97. The first kappa shape index (κ1) is 23.3. The number of nitrogens with zero attached hydrogens (tertiary/aromatic N) is 2. The van der Waals surface area contributed by atoms with Gasteiger partial charge in [0, 0.05) is 17.1 Å². The Morgan fingerprint density at radius 2 is 1.85 bits per heavy atom. The number of halogens is 2. The maximum atomic E-state index is 13.6. The van der Waals surface area contributed by atoms with E-state index >= 15 is 0 Å². The fourth-order valence-corrected chi connectivity index (χ4v) is 4.24. The van der Waals surface area contributed by atoms with Gasteiger partial charge in [0.1, 0.15) is 11.4 Å². The summed E-state index contributed by atoms with van der Waals surface area (Å²) in [6.07, 6.45) is 1.44. The van der Waals surface area contributed by atoms with Gasteiger partial charge in [-0.15, -0.1) is 0 Å². The number of anilines is 1. The Labute approximate surface area is 204 Å². The highest BCUT2D eigenvalue weighted by atomic mass is 35.5. The highest BCUT2D eigenvalue weighted by Crippen LogP contribution is 2.28. The lowest BCUT2D eigenvalue weighted by atomic mass is 10.1. The maximum absolute atomic E-state index is 13.6. The van der Waals surface area contributed by atoms with Crippen LogP contribution in [0.3, 0.4) is 0 Å². The third kappa shape index (κ3) is 4.11. The molecule has 0 bridgehead atoms. The number of carbonyl (C=O) groups excluding carboxylic acids is 2. The van der Waals surface area contributed by atoms with Crippen molar-refractivity contribution in [3.63, 3.8) is 0 Å². The molecule has 2 aromatic carbocycles. The van der Waals surface area contributed by atoms with Crippen LogP contribution < -0.4 is 10.2 Å². The van der Waals surface area contributed by atoms with E-state index in [9.17, 15) is 23.9 Å². The van der Waals surface area contributed by atoms with Crippen LogP contribution in [0.4, 0.5) is 10.1 Å². The minimum atomic E-state index is -1.05. The SMILES string of the molecule is Cc1cc(/C=C2\C(=O)NC(=S)N(c3ccc(F)c(Cl)c3)C2=O)c(C)n1-c1cccc(C(=O)O)c1. The molecular formula is C24H17ClFN3O4S. The molecule has 2 N–H and O–H groups in total. The molecule has 1 aliphatic rings. The van der Waals surface area contributed by atoms with E-state index in [0.29, 0.717) is 16.9 Å². The summed E-state index contributed by atoms with van der Waals surface area (Å²) in [5, 5.41) is 11.4. The number of nitrogens with one attached hydrogen (secondary N) is 1. The van der Waals surface area contributed by atoms with Gasteiger partial charge in [0.25, 0.3) is 11.8 Å². The summed E-state index contributed by atoms with van der Waals surface area (Å²) in [5.74, 6) is -3.06. The average Bonchev–Trinajstić information content (AvgIpc) is 3.06. The van der Waals surface area contributed by atoms with Gasteiger partial charge in [0.15, 0.2) is 5.11 Å². The number of aryl methyl sites for hydroxylation is 1. The Hall–Kier alpha value is -3.82. The van der Waals surface area contributed by atoms with Gasteiger partial charge >= 0.3 is 5.97 Å². The summed E-state index contributed by atoms with van der Waals surface area (Å²) in [7, 11) is 0. The Kier molecular flexibility index (Phi) is 6.07. The Morgan fingerprint density at radius 1 is 1.12 bits per heavy atom. The second-order valence-corrected chi connectivity index (χ2v) is 8.37. The fraction of sp³-hybridized carbons (Fsp3) is 0.0833. The number of amides is 2. The largest absolute Gasteiger partial charge is 0.478 e. The third-order valence-corrected chi connectivity index (χ3v) is 5.96. The molecule has 2 amide bonds. The van der Waals surface area contributed by atoms with Crippen molar-refractivity contribution in [3.8, 4) is 5.69 Å². The predicted molar refractivity (Wildman–Crippen MR) is 130 cm³/mol. The summed E-state index contributed by atoms with van der Waals surface area (Å²) in [6, 6.07) is 11.9. The van der Waals surface area contributed by atoms with E-state index in [1.807, 2.05) is 11.5 Å². The molecule has 0 saturated carbocycles. The lowest BCUT2D eigenvalue weighted by Crippen LogP contribution is -2.54. The highest BCUT2D eigenvalue weighted by molar-refractivity contribution is 7.80. The average molecular weight is 498 g/mol. The molecule has 4 rings (SSSR count). The Morgan fingerprint density at radius 3 is 2.53 bits per heavy atom. The van der Waals surface area contributed by atoms with Crippen LogP contribution in [0.2, 0.25) is 5.02 Å². The first-order chi connectivity index (χ1) is 16.1. The zero-order chi connectivity index (χ0) is 24.7. The minimum Gasteiger partial charge on any atom is -0.478 e. The molecule has 1 aromatic heterocycles. The van der Waals surface area contributed by atoms with E-state index in [4.69, 9.17) is 23.8 Å². The van der Waals surface area contributed by atoms with Crippen molar-refractivity contribution in [3.05, 3.63) is 87.5 Å². The smallest absolute Gasteiger partial charge is 0.335 e. The van der Waals surface area contributed by atoms with E-state index in [2.05, 4.69) is 5.32 Å². The molecule has 34 heavy (non-hydrogen) atoms. The molecule has 3 aromatic rings. The van der Waals surface area contributed by atoms with Crippen molar-refractivity contribution in [1.82, 2.24) is 9.88 Å². The van der Waals surface area contributed by atoms with Crippen LogP contribution in [-0.4, -0.2) is 32.6 Å². The molecule has 0 radical (unpaired) electrons. The van der Waals surface area contributed by atoms with Crippen LogP contribution in [0.1, 0.15) is 27.3 Å². The van der Waals surface area contributed by atoms with E-state index in [-0.39, 0.29) is 27.0 Å². The predicted octanol–water partition coefficient (Wildman–Crippen LogP) is 4.42. The van der Waals surface area contributed by atoms with E-state index in [0.717, 1.165) is 16.7 Å². The van der Waals surface area contributed by atoms with Crippen LogP contribution in [0.5, 0.6) is 0 Å². The van der Waals surface area contributed by atoms with Crippen molar-refractivity contribution < 1.29 is 23.9 Å². The number of carboxylic acid groups (broad SMARTS) is 1. The lowest BCUT2D eigenvalue weighted by Gasteiger charge is -2.29. The van der Waals surface area contributed by atoms with Gasteiger partial charge in [-0.1, -0.05) is 17.7 Å². The molecule has 172 valence electrons. The molecule has 0 unspecified atom stereocenters. The first-order valence-corrected chi connectivity index (χ1v) is 10.8. The quantitative estimate of drug-likeness (QED) is 0.316. The third-order valence-electron chi connectivity index (χ3n) is 5.38. The van der Waals surface area contributed by atoms with E-state index in [1.54, 1.807) is 25.1 Å². The minimum absolute atomic E-state index is 0.133. The van der Waals surface area contributed by atoms with Crippen molar-refractivity contribution in [1.29, 1.82) is 0 Å². The normalized spacial score (nSPS) is 15.1. The molecule has 1 saturated heterocycles. The van der Waals surface area contributed by atoms with Gasteiger partial charge < -0.3 is 9.67 Å². The molecule has 7 nitrogen and oxygen atoms in total. The molecule has 0 spiro atoms. The summed E-state index contributed by atoms with van der Waals surface area (Å²) < 4.78 is 15.4. The van der Waals surface area contributed by atoms with Gasteiger partial charge in [-0.2, -0.15) is 0 Å². The number of hydrogen-bond acceptors (Lipinski definition) is 4. The Balaban J connectivity index is 1.77. The molecule has 0 aliphatic carbocycles. The summed E-state index contributed by atoms with van der Waals surface area (Å²) in [6.45, 7) is 3.62. The van der Waals surface area contributed by atoms with Gasteiger partial charge in [0.2, 0.25) is 0 Å². The van der Waals surface area contributed by atoms with Crippen molar-refractivity contribution in [2.75, 3.05) is 4.90 Å². The van der Waals surface area contributed by atoms with Gasteiger partial charge in [-0.05, 0) is 80.2 Å². The molecule has 1 fully saturated rings. The van der Waals surface area contributed by atoms with Gasteiger partial charge in [-0.3, -0.25) is 19.8 Å². The standard InChI is InChI=1S/C24H17ClFN3O4S/c1-12-8-15(13(2)28(12)16-5-3-4-14(9-16)23(32)33)10-18-21(30)27-24(34)29(22(18)31)17-6-7-20(26)19(25)11-17/h3-11H,1-2H3,(H,32,33)(H,27,30,34)/b18-10+. The second kappa shape index (κ2) is 8.85. The van der Waals surface area contributed by atoms with Crippen LogP contribution >= 0.6 is 23.8 Å². The van der Waals surface area contributed by atoms with Crippen LogP contribution in [-0.2, 0) is 9.59 Å². The van der Waals surface area contributed by atoms with E-state index in [1.165, 1.54) is 30.3 Å². The zero-order valence-corrected chi connectivity index (χ0v) is 19.5. The van der Waals surface area contributed by atoms with Crippen LogP contribution in [0.15, 0.2) is 54.1 Å². The van der Waals surface area contributed by atoms with Crippen LogP contribution in [0, 0.1) is 19.7 Å². The lowest BCUT2D eigenvalue weighted by molar-refractivity contribution is -0.122. The number of benzene rings is 2. The molecule has 0 atom stereocenters. The van der Waals surface area contributed by atoms with E-state index < -0.39 is 23.6 Å². The molecule has 10 heteroatoms. The van der Waals surface area contributed by atoms with Crippen molar-refractivity contribution in [2.45, 2.75) is 13.8 Å². The van der Waals surface area contributed by atoms with Gasteiger partial charge in [-0.25, -0.2) is 9.18 Å². The van der Waals surface area contributed by atoms with Crippen LogP contribution in [0.25, 0.3) is 11.8 Å². The topological polar surface area (TPSA) is 91.6 Å². The molecule has 1 aliphatic heterocycles. The fourth-order valence-electron chi connectivity index (χ4n) is 3.78. The summed E-state index contributed by atoms with van der Waals surface area (Å²) in [4.78, 5) is 38.3. The number of carbonyl (C=O) groups is 3. The monoisotopic (exact) mass is 497 g/mol. The van der Waals surface area contributed by atoms with Crippen molar-refractivity contribution >= 4 is 58.5 Å². The number of rotatable bonds is 4. The highest BCUT2D eigenvalue weighted by Gasteiger charge is 2.35. The zero-order valence-electron chi connectivity index (χ0n) is 17.9. The summed E-state index contributed by atoms with van der Waals surface area (Å²) >= 11 is 11.0. The van der Waals surface area contributed by atoms with Crippen molar-refractivity contribution in [2.24, 2.45) is 0 Å². The number of aromatic nitrogens is 1. The summed E-state index contributed by atoms with van der Waals surface area (Å²) in [5.41, 5.74) is 2.85. The number of aromatic carboxylic acids is 1. The molecular weight excluding hydrogens is 481 g/mol. The van der Waals surface area contributed by atoms with Gasteiger partial charge in [0.05, 0.1) is 16.3 Å². The second-order valence-electron chi connectivity index (χ2n) is 7.57. The number of hydrogen-bond donors (Lipinski definition) is 2. The maximum Gasteiger partial charge on any atom is 0.335 e. The number of thiocarbonyl (C=S) groups is 1. The molecule has 2 heterocycles. The Bertz CT molecular complexity index is 1430. The number of carboxylic acids is 1.